The van der Waals surface area contributed by atoms with E-state index in [9.17, 15) is 10.1 Å². The highest BCUT2D eigenvalue weighted by molar-refractivity contribution is 5.58. The Balaban J connectivity index is 2.14. The molecule has 0 saturated heterocycles. The Hall–Kier alpha value is -2.56. The molecular weight excluding hydrogens is 256 g/mol. The van der Waals surface area contributed by atoms with Gasteiger partial charge in [-0.25, -0.2) is 0 Å². The first-order chi connectivity index (χ1) is 9.60. The highest BCUT2D eigenvalue weighted by Crippen LogP contribution is 2.26. The summed E-state index contributed by atoms with van der Waals surface area (Å²) in [5, 5.41) is 14.0. The maximum Gasteiger partial charge on any atom is 0.269 e. The normalized spacial score (nSPS) is 10.1. The van der Waals surface area contributed by atoms with Gasteiger partial charge < -0.3 is 10.1 Å². The number of rotatable bonds is 5. The first-order valence-corrected chi connectivity index (χ1v) is 6.22. The number of hydrogen-bond acceptors (Lipinski definition) is 4. The van der Waals surface area contributed by atoms with E-state index in [4.69, 9.17) is 4.74 Å². The van der Waals surface area contributed by atoms with Crippen LogP contribution in [-0.2, 0) is 6.54 Å². The number of nitrogens with zero attached hydrogens (tertiary/aromatic N) is 1. The van der Waals surface area contributed by atoms with Gasteiger partial charge in [-0.15, -0.1) is 0 Å². The number of anilines is 1. The van der Waals surface area contributed by atoms with Crippen molar-refractivity contribution in [3.05, 3.63) is 63.7 Å². The van der Waals surface area contributed by atoms with Gasteiger partial charge in [0.2, 0.25) is 0 Å². The Bertz CT molecular complexity index is 626. The highest BCUT2D eigenvalue weighted by atomic mass is 16.6. The molecule has 0 saturated carbocycles. The molecule has 5 nitrogen and oxygen atoms in total. The maximum atomic E-state index is 10.7. The molecule has 0 bridgehead atoms. The van der Waals surface area contributed by atoms with Crippen molar-refractivity contribution in [1.82, 2.24) is 0 Å². The number of aryl methyl sites for hydroxylation is 1. The number of non-ortho nitro benzene ring substituents is 1. The van der Waals surface area contributed by atoms with Gasteiger partial charge in [-0.2, -0.15) is 0 Å². The summed E-state index contributed by atoms with van der Waals surface area (Å²) in [7, 11) is 1.61. The minimum atomic E-state index is -0.392. The van der Waals surface area contributed by atoms with Crippen LogP contribution in [0.15, 0.2) is 42.5 Å². The summed E-state index contributed by atoms with van der Waals surface area (Å²) in [6.45, 7) is 2.50. The molecule has 0 spiro atoms. The van der Waals surface area contributed by atoms with Crippen LogP contribution in [0.2, 0.25) is 0 Å². The Morgan fingerprint density at radius 3 is 2.75 bits per heavy atom. The molecule has 0 atom stereocenters. The molecule has 0 aromatic heterocycles. The largest absolute Gasteiger partial charge is 0.495 e. The smallest absolute Gasteiger partial charge is 0.269 e. The van der Waals surface area contributed by atoms with Crippen molar-refractivity contribution in [3.63, 3.8) is 0 Å². The summed E-state index contributed by atoms with van der Waals surface area (Å²) in [5.41, 5.74) is 2.94. The van der Waals surface area contributed by atoms with Crippen molar-refractivity contribution in [3.8, 4) is 5.75 Å². The predicted molar refractivity (Wildman–Crippen MR) is 78.2 cm³/mol. The molecule has 0 aliphatic rings. The van der Waals surface area contributed by atoms with Crippen LogP contribution in [0.3, 0.4) is 0 Å². The van der Waals surface area contributed by atoms with Gasteiger partial charge in [0.15, 0.2) is 0 Å². The molecule has 104 valence electrons. The molecule has 0 aliphatic heterocycles. The second-order valence-electron chi connectivity index (χ2n) is 4.48. The fourth-order valence-corrected chi connectivity index (χ4v) is 1.94. The molecule has 2 rings (SSSR count). The van der Waals surface area contributed by atoms with Gasteiger partial charge >= 0.3 is 0 Å². The van der Waals surface area contributed by atoms with Crippen LogP contribution in [0.1, 0.15) is 11.1 Å². The molecule has 2 aromatic rings. The lowest BCUT2D eigenvalue weighted by Crippen LogP contribution is -2.02. The summed E-state index contributed by atoms with van der Waals surface area (Å²) in [5.74, 6) is 0.751. The third-order valence-electron chi connectivity index (χ3n) is 2.96. The van der Waals surface area contributed by atoms with Gasteiger partial charge in [-0.05, 0) is 30.2 Å². The molecule has 0 heterocycles. The quantitative estimate of drug-likeness (QED) is 0.668. The molecule has 20 heavy (non-hydrogen) atoms. The number of nitro benzene ring substituents is 1. The van der Waals surface area contributed by atoms with Crippen molar-refractivity contribution < 1.29 is 9.66 Å². The van der Waals surface area contributed by atoms with E-state index in [1.165, 1.54) is 6.07 Å². The Morgan fingerprint density at radius 1 is 1.25 bits per heavy atom. The monoisotopic (exact) mass is 272 g/mol. The van der Waals surface area contributed by atoms with E-state index < -0.39 is 4.92 Å². The van der Waals surface area contributed by atoms with E-state index in [0.717, 1.165) is 22.6 Å². The first-order valence-electron chi connectivity index (χ1n) is 6.22. The zero-order valence-corrected chi connectivity index (χ0v) is 11.4. The van der Waals surface area contributed by atoms with E-state index >= 15 is 0 Å². The fourth-order valence-electron chi connectivity index (χ4n) is 1.94. The van der Waals surface area contributed by atoms with Crippen LogP contribution >= 0.6 is 0 Å². The zero-order chi connectivity index (χ0) is 14.5. The third-order valence-corrected chi connectivity index (χ3v) is 2.96. The number of nitro groups is 1. The fraction of sp³-hybridized carbons (Fsp3) is 0.200. The Labute approximate surface area is 117 Å². The topological polar surface area (TPSA) is 64.4 Å². The van der Waals surface area contributed by atoms with Gasteiger partial charge in [-0.3, -0.25) is 10.1 Å². The second kappa shape index (κ2) is 6.06. The standard InChI is InChI=1S/C15H16N2O3/c1-11-6-7-15(20-2)14(8-11)16-10-12-4-3-5-13(9-12)17(18)19/h3-9,16H,10H2,1-2H3. The molecule has 0 unspecified atom stereocenters. The van der Waals surface area contributed by atoms with E-state index in [1.807, 2.05) is 31.2 Å². The summed E-state index contributed by atoms with van der Waals surface area (Å²) < 4.78 is 5.28. The second-order valence-corrected chi connectivity index (χ2v) is 4.48. The van der Waals surface area contributed by atoms with Gasteiger partial charge in [0.25, 0.3) is 5.69 Å². The van der Waals surface area contributed by atoms with Crippen LogP contribution in [0.25, 0.3) is 0 Å². The van der Waals surface area contributed by atoms with Gasteiger partial charge in [0.1, 0.15) is 5.75 Å². The van der Waals surface area contributed by atoms with Crippen molar-refractivity contribution in [2.75, 3.05) is 12.4 Å². The average molecular weight is 272 g/mol. The summed E-state index contributed by atoms with van der Waals surface area (Å²) >= 11 is 0. The van der Waals surface area contributed by atoms with E-state index in [0.29, 0.717) is 6.54 Å². The van der Waals surface area contributed by atoms with Crippen molar-refractivity contribution in [2.45, 2.75) is 13.5 Å². The lowest BCUT2D eigenvalue weighted by molar-refractivity contribution is -0.384. The lowest BCUT2D eigenvalue weighted by atomic mass is 10.1. The summed E-state index contributed by atoms with van der Waals surface area (Å²) in [6, 6.07) is 12.4. The van der Waals surface area contributed by atoms with Crippen LogP contribution in [0, 0.1) is 17.0 Å². The van der Waals surface area contributed by atoms with Gasteiger partial charge in [0.05, 0.1) is 17.7 Å². The van der Waals surface area contributed by atoms with E-state index in [-0.39, 0.29) is 5.69 Å². The highest BCUT2D eigenvalue weighted by Gasteiger charge is 2.07. The van der Waals surface area contributed by atoms with E-state index in [1.54, 1.807) is 19.2 Å². The van der Waals surface area contributed by atoms with Crippen molar-refractivity contribution >= 4 is 11.4 Å². The first kappa shape index (κ1) is 13.9. The molecule has 1 N–H and O–H groups in total. The average Bonchev–Trinajstić information content (AvgIpc) is 2.45. The molecular formula is C15H16N2O3. The lowest BCUT2D eigenvalue weighted by Gasteiger charge is -2.12. The maximum absolute atomic E-state index is 10.7. The molecule has 2 aromatic carbocycles. The van der Waals surface area contributed by atoms with Crippen molar-refractivity contribution in [1.29, 1.82) is 0 Å². The summed E-state index contributed by atoms with van der Waals surface area (Å²) in [6.07, 6.45) is 0. The number of hydrogen-bond donors (Lipinski definition) is 1. The Kier molecular flexibility index (Phi) is 4.20. The van der Waals surface area contributed by atoms with Crippen LogP contribution in [-0.4, -0.2) is 12.0 Å². The SMILES string of the molecule is COc1ccc(C)cc1NCc1cccc([N+](=O)[O-])c1. The molecule has 0 fully saturated rings. The van der Waals surface area contributed by atoms with Crippen LogP contribution in [0.4, 0.5) is 11.4 Å². The summed E-state index contributed by atoms with van der Waals surface area (Å²) in [4.78, 5) is 10.3. The molecule has 0 amide bonds. The van der Waals surface area contributed by atoms with Crippen LogP contribution < -0.4 is 10.1 Å². The zero-order valence-electron chi connectivity index (χ0n) is 11.4. The third kappa shape index (κ3) is 3.26. The minimum absolute atomic E-state index is 0.0977. The minimum Gasteiger partial charge on any atom is -0.495 e. The number of methoxy groups -OCH3 is 1. The predicted octanol–water partition coefficient (Wildman–Crippen LogP) is 3.52. The molecule has 0 aliphatic carbocycles. The molecule has 5 heteroatoms. The number of benzene rings is 2. The Morgan fingerprint density at radius 2 is 2.05 bits per heavy atom. The number of nitrogens with one attached hydrogen (secondary N) is 1. The van der Waals surface area contributed by atoms with Crippen molar-refractivity contribution in [2.24, 2.45) is 0 Å². The number of ether oxygens (including phenoxy) is 1. The van der Waals surface area contributed by atoms with Gasteiger partial charge in [-0.1, -0.05) is 18.2 Å². The van der Waals surface area contributed by atoms with Gasteiger partial charge in [0, 0.05) is 18.7 Å². The molecule has 0 radical (unpaired) electrons. The van der Waals surface area contributed by atoms with E-state index in [2.05, 4.69) is 5.32 Å². The van der Waals surface area contributed by atoms with Crippen LogP contribution in [0.5, 0.6) is 5.75 Å².